The molecule has 2 aromatic rings. The van der Waals surface area contributed by atoms with Crippen molar-refractivity contribution in [1.82, 2.24) is 20.4 Å². The van der Waals surface area contributed by atoms with Crippen molar-refractivity contribution in [3.63, 3.8) is 0 Å². The van der Waals surface area contributed by atoms with Crippen LogP contribution in [-0.4, -0.2) is 43.0 Å². The summed E-state index contributed by atoms with van der Waals surface area (Å²) in [6.07, 6.45) is 4.77. The Bertz CT molecular complexity index is 678. The first kappa shape index (κ1) is 17.8. The summed E-state index contributed by atoms with van der Waals surface area (Å²) < 4.78 is 7.34. The molecule has 0 unspecified atom stereocenters. The molecule has 1 heterocycles. The van der Waals surface area contributed by atoms with Crippen LogP contribution >= 0.6 is 0 Å². The number of aryl methyl sites for hydroxylation is 2. The van der Waals surface area contributed by atoms with E-state index in [2.05, 4.69) is 39.8 Å². The van der Waals surface area contributed by atoms with Gasteiger partial charge in [-0.05, 0) is 37.5 Å². The number of guanidine groups is 1. The number of hydrogen-bond acceptors (Lipinski definition) is 3. The molecule has 0 aliphatic carbocycles. The fraction of sp³-hybridized carbons (Fsp3) is 0.444. The first-order valence-corrected chi connectivity index (χ1v) is 8.19. The van der Waals surface area contributed by atoms with Crippen molar-refractivity contribution in [2.45, 2.75) is 26.8 Å². The van der Waals surface area contributed by atoms with E-state index in [1.165, 1.54) is 16.7 Å². The lowest BCUT2D eigenvalue weighted by Crippen LogP contribution is -2.39. The van der Waals surface area contributed by atoms with Gasteiger partial charge in [0.15, 0.2) is 5.96 Å². The molecule has 0 aliphatic rings. The van der Waals surface area contributed by atoms with Gasteiger partial charge in [0.1, 0.15) is 5.75 Å². The van der Waals surface area contributed by atoms with E-state index in [9.17, 15) is 0 Å². The molecule has 0 aliphatic heterocycles. The van der Waals surface area contributed by atoms with Gasteiger partial charge in [-0.2, -0.15) is 5.10 Å². The summed E-state index contributed by atoms with van der Waals surface area (Å²) in [5, 5.41) is 10.9. The van der Waals surface area contributed by atoms with Crippen molar-refractivity contribution in [3.05, 3.63) is 47.3 Å². The number of aliphatic imine (C=N–C) groups is 1. The second kappa shape index (κ2) is 8.96. The summed E-state index contributed by atoms with van der Waals surface area (Å²) in [5.41, 5.74) is 3.61. The molecule has 0 atom stereocenters. The second-order valence-corrected chi connectivity index (χ2v) is 5.77. The van der Waals surface area contributed by atoms with Crippen molar-refractivity contribution in [1.29, 1.82) is 0 Å². The highest BCUT2D eigenvalue weighted by Crippen LogP contribution is 2.19. The van der Waals surface area contributed by atoms with Gasteiger partial charge in [0, 0.05) is 26.3 Å². The Morgan fingerprint density at radius 1 is 1.21 bits per heavy atom. The van der Waals surface area contributed by atoms with Crippen LogP contribution in [0.15, 0.2) is 35.6 Å². The average molecular weight is 329 g/mol. The summed E-state index contributed by atoms with van der Waals surface area (Å²) in [6.45, 7) is 6.50. The minimum Gasteiger partial charge on any atom is -0.496 e. The average Bonchev–Trinajstić information content (AvgIpc) is 2.99. The lowest BCUT2D eigenvalue weighted by molar-refractivity contribution is 0.409. The fourth-order valence-electron chi connectivity index (χ4n) is 2.52. The molecular formula is C18H27N5O. The molecule has 0 fully saturated rings. The van der Waals surface area contributed by atoms with Crippen LogP contribution in [0.1, 0.15) is 16.7 Å². The maximum absolute atomic E-state index is 5.42. The smallest absolute Gasteiger partial charge is 0.191 e. The zero-order valence-electron chi connectivity index (χ0n) is 15.0. The van der Waals surface area contributed by atoms with E-state index in [0.29, 0.717) is 0 Å². The Hall–Kier alpha value is -2.50. The van der Waals surface area contributed by atoms with E-state index < -0.39 is 0 Å². The van der Waals surface area contributed by atoms with Crippen molar-refractivity contribution in [2.75, 3.05) is 27.2 Å². The number of rotatable bonds is 7. The normalized spacial score (nSPS) is 11.4. The third-order valence-corrected chi connectivity index (χ3v) is 3.74. The third kappa shape index (κ3) is 5.30. The maximum atomic E-state index is 5.42. The van der Waals surface area contributed by atoms with Crippen LogP contribution in [0.4, 0.5) is 0 Å². The number of methoxy groups -OCH3 is 1. The number of hydrogen-bond donors (Lipinski definition) is 2. The molecule has 0 radical (unpaired) electrons. The van der Waals surface area contributed by atoms with Crippen LogP contribution in [-0.2, 0) is 13.0 Å². The van der Waals surface area contributed by atoms with E-state index in [-0.39, 0.29) is 0 Å². The lowest BCUT2D eigenvalue weighted by Gasteiger charge is -2.13. The van der Waals surface area contributed by atoms with E-state index in [4.69, 9.17) is 4.74 Å². The van der Waals surface area contributed by atoms with Gasteiger partial charge < -0.3 is 15.4 Å². The Morgan fingerprint density at radius 3 is 2.67 bits per heavy atom. The van der Waals surface area contributed by atoms with Gasteiger partial charge in [-0.1, -0.05) is 17.7 Å². The third-order valence-electron chi connectivity index (χ3n) is 3.74. The largest absolute Gasteiger partial charge is 0.496 e. The van der Waals surface area contributed by atoms with Gasteiger partial charge in [-0.15, -0.1) is 0 Å². The van der Waals surface area contributed by atoms with Crippen LogP contribution < -0.4 is 15.4 Å². The molecule has 24 heavy (non-hydrogen) atoms. The first-order chi connectivity index (χ1) is 11.6. The van der Waals surface area contributed by atoms with E-state index in [1.54, 1.807) is 14.2 Å². The van der Waals surface area contributed by atoms with Gasteiger partial charge in [-0.3, -0.25) is 9.67 Å². The molecule has 130 valence electrons. The predicted molar refractivity (Wildman–Crippen MR) is 97.8 cm³/mol. The van der Waals surface area contributed by atoms with Gasteiger partial charge in [0.25, 0.3) is 0 Å². The predicted octanol–water partition coefficient (Wildman–Crippen LogP) is 1.92. The molecule has 0 spiro atoms. The Morgan fingerprint density at radius 2 is 2.00 bits per heavy atom. The quantitative estimate of drug-likeness (QED) is 0.602. The van der Waals surface area contributed by atoms with Crippen LogP contribution in [0, 0.1) is 13.8 Å². The maximum Gasteiger partial charge on any atom is 0.191 e. The summed E-state index contributed by atoms with van der Waals surface area (Å²) in [5.74, 6) is 1.73. The first-order valence-electron chi connectivity index (χ1n) is 8.19. The topological polar surface area (TPSA) is 63.5 Å². The summed E-state index contributed by atoms with van der Waals surface area (Å²) >= 11 is 0. The molecule has 2 N–H and O–H groups in total. The molecule has 0 amide bonds. The van der Waals surface area contributed by atoms with Gasteiger partial charge in [0.05, 0.1) is 19.9 Å². The minimum absolute atomic E-state index is 0.772. The van der Waals surface area contributed by atoms with Gasteiger partial charge >= 0.3 is 0 Å². The summed E-state index contributed by atoms with van der Waals surface area (Å²) in [4.78, 5) is 4.25. The van der Waals surface area contributed by atoms with Crippen LogP contribution in [0.5, 0.6) is 5.75 Å². The molecule has 6 nitrogen and oxygen atoms in total. The van der Waals surface area contributed by atoms with Crippen LogP contribution in [0.3, 0.4) is 0 Å². The zero-order valence-corrected chi connectivity index (χ0v) is 15.0. The van der Waals surface area contributed by atoms with E-state index in [1.807, 2.05) is 30.1 Å². The van der Waals surface area contributed by atoms with Gasteiger partial charge in [-0.25, -0.2) is 0 Å². The lowest BCUT2D eigenvalue weighted by atomic mass is 10.1. The SMILES string of the molecule is CN=C(NCCc1cc(C)ccc1OC)NCCn1cc(C)cn1. The van der Waals surface area contributed by atoms with Crippen molar-refractivity contribution >= 4 is 5.96 Å². The van der Waals surface area contributed by atoms with Crippen molar-refractivity contribution < 1.29 is 4.74 Å². The number of aromatic nitrogens is 2. The summed E-state index contributed by atoms with van der Waals surface area (Å²) in [7, 11) is 3.49. The molecule has 0 saturated heterocycles. The minimum atomic E-state index is 0.772. The van der Waals surface area contributed by atoms with Crippen molar-refractivity contribution in [3.8, 4) is 5.75 Å². The zero-order chi connectivity index (χ0) is 17.4. The molecule has 0 bridgehead atoms. The monoisotopic (exact) mass is 329 g/mol. The summed E-state index contributed by atoms with van der Waals surface area (Å²) in [6, 6.07) is 6.24. The number of nitrogens with zero attached hydrogens (tertiary/aromatic N) is 3. The molecule has 1 aromatic carbocycles. The van der Waals surface area contributed by atoms with Gasteiger partial charge in [0.2, 0.25) is 0 Å². The van der Waals surface area contributed by atoms with Crippen LogP contribution in [0.2, 0.25) is 0 Å². The highest BCUT2D eigenvalue weighted by atomic mass is 16.5. The fourth-order valence-corrected chi connectivity index (χ4v) is 2.52. The highest BCUT2D eigenvalue weighted by Gasteiger charge is 2.04. The molecule has 1 aromatic heterocycles. The standard InChI is InChI=1S/C18H27N5O/c1-14-5-6-17(24-4)16(11-14)7-8-20-18(19-3)21-9-10-23-13-15(2)12-22-23/h5-6,11-13H,7-10H2,1-4H3,(H2,19,20,21). The highest BCUT2D eigenvalue weighted by molar-refractivity contribution is 5.79. The van der Waals surface area contributed by atoms with E-state index >= 15 is 0 Å². The molecule has 6 heteroatoms. The van der Waals surface area contributed by atoms with Crippen LogP contribution in [0.25, 0.3) is 0 Å². The Balaban J connectivity index is 1.76. The number of nitrogens with one attached hydrogen (secondary N) is 2. The molecular weight excluding hydrogens is 302 g/mol. The number of ether oxygens (including phenoxy) is 1. The second-order valence-electron chi connectivity index (χ2n) is 5.77. The number of benzene rings is 1. The van der Waals surface area contributed by atoms with E-state index in [0.717, 1.165) is 37.8 Å². The van der Waals surface area contributed by atoms with Crippen molar-refractivity contribution in [2.24, 2.45) is 4.99 Å². The molecule has 2 rings (SSSR count). The molecule has 0 saturated carbocycles. The Kier molecular flexibility index (Phi) is 6.66. The Labute approximate surface area is 143 Å².